The fraction of sp³-hybridized carbons (Fsp3) is 0.238. The van der Waals surface area contributed by atoms with Crippen molar-refractivity contribution in [3.05, 3.63) is 84.1 Å². The maximum absolute atomic E-state index is 12.7. The number of anilines is 1. The summed E-state index contributed by atoms with van der Waals surface area (Å²) in [6.45, 7) is 1.32. The van der Waals surface area contributed by atoms with E-state index in [2.05, 4.69) is 27.1 Å². The molecule has 27 heavy (non-hydrogen) atoms. The molecule has 0 fully saturated rings. The van der Waals surface area contributed by atoms with Gasteiger partial charge in [-0.25, -0.2) is 9.97 Å². The number of amides is 1. The van der Waals surface area contributed by atoms with E-state index in [0.29, 0.717) is 18.8 Å². The molecular formula is C21H23N5O. The number of carbonyl (C=O) groups excluding carboxylic acids is 1. The highest BCUT2D eigenvalue weighted by Crippen LogP contribution is 2.14. The van der Waals surface area contributed by atoms with Gasteiger partial charge in [0.25, 0.3) is 5.91 Å². The van der Waals surface area contributed by atoms with Crippen LogP contribution in [0.3, 0.4) is 0 Å². The predicted octanol–water partition coefficient (Wildman–Crippen LogP) is 2.82. The first-order valence-corrected chi connectivity index (χ1v) is 8.85. The van der Waals surface area contributed by atoms with Gasteiger partial charge in [-0.05, 0) is 29.7 Å². The highest BCUT2D eigenvalue weighted by molar-refractivity contribution is 5.92. The summed E-state index contributed by atoms with van der Waals surface area (Å²) in [7, 11) is 3.75. The second-order valence-corrected chi connectivity index (χ2v) is 6.44. The summed E-state index contributed by atoms with van der Waals surface area (Å²) in [5.74, 6) is 0.612. The van der Waals surface area contributed by atoms with Crippen LogP contribution in [-0.4, -0.2) is 46.4 Å². The third-order valence-corrected chi connectivity index (χ3v) is 4.36. The number of carbonyl (C=O) groups is 1. The van der Waals surface area contributed by atoms with Gasteiger partial charge >= 0.3 is 0 Å². The van der Waals surface area contributed by atoms with E-state index in [4.69, 9.17) is 0 Å². The maximum atomic E-state index is 12.7. The Kier molecular flexibility index (Phi) is 6.10. The molecule has 0 saturated carbocycles. The van der Waals surface area contributed by atoms with Crippen LogP contribution in [0.2, 0.25) is 0 Å². The Balaban J connectivity index is 1.64. The first-order valence-electron chi connectivity index (χ1n) is 8.85. The van der Waals surface area contributed by atoms with E-state index in [0.717, 1.165) is 17.8 Å². The molecule has 2 heterocycles. The van der Waals surface area contributed by atoms with Crippen LogP contribution in [0, 0.1) is 0 Å². The number of aromatic nitrogens is 3. The summed E-state index contributed by atoms with van der Waals surface area (Å²) in [4.78, 5) is 28.9. The second-order valence-electron chi connectivity index (χ2n) is 6.44. The van der Waals surface area contributed by atoms with Crippen LogP contribution in [0.1, 0.15) is 21.6 Å². The van der Waals surface area contributed by atoms with Gasteiger partial charge in [-0.3, -0.25) is 9.78 Å². The zero-order valence-corrected chi connectivity index (χ0v) is 15.6. The molecule has 3 rings (SSSR count). The molecule has 0 bridgehead atoms. The molecule has 0 saturated heterocycles. The molecule has 6 nitrogen and oxygen atoms in total. The Bertz CT molecular complexity index is 870. The van der Waals surface area contributed by atoms with Crippen LogP contribution >= 0.6 is 0 Å². The Morgan fingerprint density at radius 2 is 1.70 bits per heavy atom. The first-order chi connectivity index (χ1) is 13.1. The van der Waals surface area contributed by atoms with E-state index in [1.54, 1.807) is 30.4 Å². The molecule has 1 amide bonds. The van der Waals surface area contributed by atoms with Crippen LogP contribution < -0.4 is 4.90 Å². The largest absolute Gasteiger partial charge is 0.355 e. The average Bonchev–Trinajstić information content (AvgIpc) is 2.73. The highest BCUT2D eigenvalue weighted by Gasteiger charge is 2.15. The Morgan fingerprint density at radius 3 is 2.44 bits per heavy atom. The van der Waals surface area contributed by atoms with Crippen molar-refractivity contribution in [3.63, 3.8) is 0 Å². The van der Waals surface area contributed by atoms with Crippen molar-refractivity contribution in [1.29, 1.82) is 0 Å². The molecule has 3 aromatic rings. The lowest BCUT2D eigenvalue weighted by Gasteiger charge is -2.20. The summed E-state index contributed by atoms with van der Waals surface area (Å²) in [6.07, 6.45) is 5.74. The number of pyridine rings is 1. The van der Waals surface area contributed by atoms with Gasteiger partial charge in [0.2, 0.25) is 0 Å². The molecular weight excluding hydrogens is 338 g/mol. The van der Waals surface area contributed by atoms with E-state index in [-0.39, 0.29) is 5.91 Å². The van der Waals surface area contributed by atoms with E-state index in [1.165, 1.54) is 11.9 Å². The fourth-order valence-corrected chi connectivity index (χ4v) is 2.75. The number of benzene rings is 1. The van der Waals surface area contributed by atoms with Crippen molar-refractivity contribution < 1.29 is 4.79 Å². The van der Waals surface area contributed by atoms with Gasteiger partial charge in [0.1, 0.15) is 17.8 Å². The molecule has 0 aliphatic carbocycles. The quantitative estimate of drug-likeness (QED) is 0.648. The summed E-state index contributed by atoms with van der Waals surface area (Å²) < 4.78 is 0. The summed E-state index contributed by atoms with van der Waals surface area (Å²) in [5.41, 5.74) is 2.73. The van der Waals surface area contributed by atoms with Crippen LogP contribution in [0.25, 0.3) is 0 Å². The zero-order chi connectivity index (χ0) is 19.1. The van der Waals surface area contributed by atoms with E-state index >= 15 is 0 Å². The Labute approximate surface area is 159 Å². The molecule has 0 N–H and O–H groups in total. The predicted molar refractivity (Wildman–Crippen MR) is 105 cm³/mol. The van der Waals surface area contributed by atoms with Crippen molar-refractivity contribution in [3.8, 4) is 0 Å². The lowest BCUT2D eigenvalue weighted by atomic mass is 10.2. The van der Waals surface area contributed by atoms with Crippen LogP contribution in [-0.2, 0) is 13.0 Å². The summed E-state index contributed by atoms with van der Waals surface area (Å²) >= 11 is 0. The molecule has 0 atom stereocenters. The average molecular weight is 361 g/mol. The highest BCUT2D eigenvalue weighted by atomic mass is 16.2. The van der Waals surface area contributed by atoms with Gasteiger partial charge in [-0.2, -0.15) is 0 Å². The van der Waals surface area contributed by atoms with E-state index in [1.807, 2.05) is 42.3 Å². The third-order valence-electron chi connectivity index (χ3n) is 4.36. The lowest BCUT2D eigenvalue weighted by Crippen LogP contribution is -2.30. The lowest BCUT2D eigenvalue weighted by molar-refractivity contribution is 0.0790. The standard InChI is InChI=1S/C21H23N5O/c1-25(13-10-17-8-11-22-12-9-17)21(27)19-14-20(24-16-23-19)26(2)15-18-6-4-3-5-7-18/h3-9,11-12,14,16H,10,13,15H2,1-2H3. The van der Waals surface area contributed by atoms with Gasteiger partial charge in [0, 0.05) is 45.6 Å². The number of hydrogen-bond donors (Lipinski definition) is 0. The molecule has 0 radical (unpaired) electrons. The van der Waals surface area contributed by atoms with Crippen molar-refractivity contribution in [1.82, 2.24) is 19.9 Å². The third kappa shape index (κ3) is 5.10. The first kappa shape index (κ1) is 18.5. The van der Waals surface area contributed by atoms with Gasteiger partial charge in [-0.1, -0.05) is 30.3 Å². The molecule has 138 valence electrons. The topological polar surface area (TPSA) is 62.2 Å². The van der Waals surface area contributed by atoms with E-state index in [9.17, 15) is 4.79 Å². The minimum Gasteiger partial charge on any atom is -0.355 e. The van der Waals surface area contributed by atoms with Crippen LogP contribution in [0.15, 0.2) is 67.3 Å². The molecule has 0 aliphatic rings. The van der Waals surface area contributed by atoms with Crippen LogP contribution in [0.4, 0.5) is 5.82 Å². The van der Waals surface area contributed by atoms with Crippen molar-refractivity contribution in [2.24, 2.45) is 0 Å². The number of rotatable bonds is 7. The Morgan fingerprint density at radius 1 is 0.963 bits per heavy atom. The van der Waals surface area contributed by atoms with Gasteiger partial charge in [0.05, 0.1) is 0 Å². The fourth-order valence-electron chi connectivity index (χ4n) is 2.75. The van der Waals surface area contributed by atoms with Crippen molar-refractivity contribution >= 4 is 11.7 Å². The van der Waals surface area contributed by atoms with Gasteiger partial charge in [0.15, 0.2) is 0 Å². The number of likely N-dealkylation sites (N-methyl/N-ethyl adjacent to an activating group) is 1. The number of hydrogen-bond acceptors (Lipinski definition) is 5. The zero-order valence-electron chi connectivity index (χ0n) is 15.6. The smallest absolute Gasteiger partial charge is 0.272 e. The monoisotopic (exact) mass is 361 g/mol. The molecule has 6 heteroatoms. The molecule has 1 aromatic carbocycles. The maximum Gasteiger partial charge on any atom is 0.272 e. The van der Waals surface area contributed by atoms with E-state index < -0.39 is 0 Å². The molecule has 0 aliphatic heterocycles. The second kappa shape index (κ2) is 8.89. The van der Waals surface area contributed by atoms with Crippen molar-refractivity contribution in [2.75, 3.05) is 25.5 Å². The number of nitrogens with zero attached hydrogens (tertiary/aromatic N) is 5. The summed E-state index contributed by atoms with van der Waals surface area (Å²) in [6, 6.07) is 15.8. The molecule has 2 aromatic heterocycles. The van der Waals surface area contributed by atoms with Gasteiger partial charge in [-0.15, -0.1) is 0 Å². The van der Waals surface area contributed by atoms with Crippen molar-refractivity contribution in [2.45, 2.75) is 13.0 Å². The Hall–Kier alpha value is -3.28. The SMILES string of the molecule is CN(CCc1ccncc1)C(=O)c1cc(N(C)Cc2ccccc2)ncn1. The normalized spacial score (nSPS) is 10.4. The molecule has 0 spiro atoms. The van der Waals surface area contributed by atoms with Crippen LogP contribution in [0.5, 0.6) is 0 Å². The minimum atomic E-state index is -0.110. The minimum absolute atomic E-state index is 0.110. The van der Waals surface area contributed by atoms with Gasteiger partial charge < -0.3 is 9.80 Å². The molecule has 0 unspecified atom stereocenters. The summed E-state index contributed by atoms with van der Waals surface area (Å²) in [5, 5.41) is 0.